The molecule has 0 aliphatic carbocycles. The molecule has 2 N–H and O–H groups in total. The number of benzene rings is 2. The highest BCUT2D eigenvalue weighted by Crippen LogP contribution is 2.29. The van der Waals surface area contributed by atoms with Gasteiger partial charge < -0.3 is 15.4 Å². The second kappa shape index (κ2) is 9.48. The maximum Gasteiger partial charge on any atom is 0.273 e. The number of nitro benzene ring substituents is 1. The van der Waals surface area contributed by atoms with Crippen LogP contribution in [0.5, 0.6) is 5.75 Å². The van der Waals surface area contributed by atoms with Gasteiger partial charge in [-0.1, -0.05) is 30.3 Å². The minimum absolute atomic E-state index is 0.0212. The van der Waals surface area contributed by atoms with Crippen LogP contribution in [0.4, 0.5) is 11.4 Å². The van der Waals surface area contributed by atoms with Gasteiger partial charge in [0.05, 0.1) is 23.8 Å². The van der Waals surface area contributed by atoms with Crippen LogP contribution in [-0.4, -0.2) is 41.2 Å². The van der Waals surface area contributed by atoms with Gasteiger partial charge in [-0.05, 0) is 36.7 Å². The van der Waals surface area contributed by atoms with E-state index in [9.17, 15) is 10.1 Å². The van der Waals surface area contributed by atoms with E-state index in [1.807, 2.05) is 6.07 Å². The first-order valence-electron chi connectivity index (χ1n) is 9.21. The van der Waals surface area contributed by atoms with Crippen LogP contribution in [0.1, 0.15) is 18.4 Å². The monoisotopic (exact) mass is 400 g/mol. The SMILES string of the molecule is COc1cc([N+](=O)[O-])ccc1NC(=S)NC1CCN(Cc2ccccc2)CC1. The number of anilines is 1. The van der Waals surface area contributed by atoms with Gasteiger partial charge in [0, 0.05) is 31.7 Å². The van der Waals surface area contributed by atoms with Gasteiger partial charge >= 0.3 is 0 Å². The molecule has 0 spiro atoms. The molecule has 0 saturated carbocycles. The van der Waals surface area contributed by atoms with Crippen molar-refractivity contribution < 1.29 is 9.66 Å². The van der Waals surface area contributed by atoms with Crippen LogP contribution in [0.15, 0.2) is 48.5 Å². The van der Waals surface area contributed by atoms with Crippen LogP contribution < -0.4 is 15.4 Å². The van der Waals surface area contributed by atoms with Gasteiger partial charge in [0.25, 0.3) is 5.69 Å². The van der Waals surface area contributed by atoms with Crippen LogP contribution in [0.2, 0.25) is 0 Å². The summed E-state index contributed by atoms with van der Waals surface area (Å²) in [6, 6.07) is 15.2. The van der Waals surface area contributed by atoms with E-state index in [1.54, 1.807) is 6.07 Å². The number of piperidine rings is 1. The number of nitrogens with one attached hydrogen (secondary N) is 2. The minimum atomic E-state index is -0.452. The van der Waals surface area contributed by atoms with Crippen molar-refractivity contribution in [1.29, 1.82) is 0 Å². The summed E-state index contributed by atoms with van der Waals surface area (Å²) in [6.07, 6.45) is 2.01. The molecular weight excluding hydrogens is 376 g/mol. The Balaban J connectivity index is 1.49. The average molecular weight is 401 g/mol. The average Bonchev–Trinajstić information content (AvgIpc) is 2.70. The first kappa shape index (κ1) is 20.0. The molecular formula is C20H24N4O3S. The summed E-state index contributed by atoms with van der Waals surface area (Å²) < 4.78 is 5.24. The van der Waals surface area contributed by atoms with E-state index < -0.39 is 4.92 Å². The van der Waals surface area contributed by atoms with Crippen LogP contribution >= 0.6 is 12.2 Å². The van der Waals surface area contributed by atoms with Gasteiger partial charge in [-0.25, -0.2) is 0 Å². The molecule has 1 fully saturated rings. The lowest BCUT2D eigenvalue weighted by molar-refractivity contribution is -0.384. The quantitative estimate of drug-likeness (QED) is 0.436. The zero-order valence-electron chi connectivity index (χ0n) is 15.8. The molecule has 28 heavy (non-hydrogen) atoms. The van der Waals surface area contributed by atoms with E-state index >= 15 is 0 Å². The van der Waals surface area contributed by atoms with E-state index in [1.165, 1.54) is 24.8 Å². The molecule has 0 aromatic heterocycles. The molecule has 1 heterocycles. The molecule has 8 heteroatoms. The first-order chi connectivity index (χ1) is 13.5. The van der Waals surface area contributed by atoms with Crippen molar-refractivity contribution in [3.05, 3.63) is 64.2 Å². The van der Waals surface area contributed by atoms with Crippen molar-refractivity contribution in [2.45, 2.75) is 25.4 Å². The van der Waals surface area contributed by atoms with Crippen molar-refractivity contribution >= 4 is 28.7 Å². The number of non-ortho nitro benzene ring substituents is 1. The Hall–Kier alpha value is -2.71. The van der Waals surface area contributed by atoms with Crippen LogP contribution in [0.25, 0.3) is 0 Å². The fraction of sp³-hybridized carbons (Fsp3) is 0.350. The largest absolute Gasteiger partial charge is 0.494 e. The third-order valence-corrected chi connectivity index (χ3v) is 5.04. The Morgan fingerprint density at radius 1 is 1.25 bits per heavy atom. The molecule has 0 unspecified atom stereocenters. The first-order valence-corrected chi connectivity index (χ1v) is 9.62. The standard InChI is InChI=1S/C20H24N4O3S/c1-27-19-13-17(24(25)26)7-8-18(19)22-20(28)21-16-9-11-23(12-10-16)14-15-5-3-2-4-6-15/h2-8,13,16H,9-12,14H2,1H3,(H2,21,22,28). The van der Waals surface area contributed by atoms with E-state index in [0.29, 0.717) is 22.6 Å². The van der Waals surface area contributed by atoms with Crippen molar-refractivity contribution in [3.8, 4) is 5.75 Å². The number of likely N-dealkylation sites (tertiary alicyclic amines) is 1. The van der Waals surface area contributed by atoms with Gasteiger partial charge in [0.1, 0.15) is 5.75 Å². The van der Waals surface area contributed by atoms with Gasteiger partial charge in [0.2, 0.25) is 0 Å². The summed E-state index contributed by atoms with van der Waals surface area (Å²) >= 11 is 5.42. The lowest BCUT2D eigenvalue weighted by Gasteiger charge is -2.33. The van der Waals surface area contributed by atoms with Crippen molar-refractivity contribution in [2.24, 2.45) is 0 Å². The van der Waals surface area contributed by atoms with E-state index in [2.05, 4.69) is 39.8 Å². The summed E-state index contributed by atoms with van der Waals surface area (Å²) in [5, 5.41) is 17.8. The fourth-order valence-electron chi connectivity index (χ4n) is 3.32. The second-order valence-electron chi connectivity index (χ2n) is 6.78. The highest BCUT2D eigenvalue weighted by molar-refractivity contribution is 7.80. The summed E-state index contributed by atoms with van der Waals surface area (Å²) in [4.78, 5) is 12.9. The van der Waals surface area contributed by atoms with Gasteiger partial charge in [0.15, 0.2) is 5.11 Å². The third-order valence-electron chi connectivity index (χ3n) is 4.82. The molecule has 1 saturated heterocycles. The number of nitrogens with zero attached hydrogens (tertiary/aromatic N) is 2. The molecule has 2 aromatic rings. The molecule has 0 amide bonds. The molecule has 7 nitrogen and oxygen atoms in total. The highest BCUT2D eigenvalue weighted by Gasteiger charge is 2.20. The lowest BCUT2D eigenvalue weighted by Crippen LogP contribution is -2.45. The lowest BCUT2D eigenvalue weighted by atomic mass is 10.0. The fourth-order valence-corrected chi connectivity index (χ4v) is 3.59. The van der Waals surface area contributed by atoms with Gasteiger partial charge in [-0.15, -0.1) is 0 Å². The minimum Gasteiger partial charge on any atom is -0.494 e. The number of thiocarbonyl (C=S) groups is 1. The molecule has 1 aliphatic heterocycles. The number of hydrogen-bond acceptors (Lipinski definition) is 5. The number of rotatable bonds is 6. The number of nitro groups is 1. The number of ether oxygens (including phenoxy) is 1. The molecule has 3 rings (SSSR count). The molecule has 0 atom stereocenters. The van der Waals surface area contributed by atoms with Gasteiger partial charge in [-0.3, -0.25) is 15.0 Å². The topological polar surface area (TPSA) is 79.7 Å². The summed E-state index contributed by atoms with van der Waals surface area (Å²) in [6.45, 7) is 2.99. The number of hydrogen-bond donors (Lipinski definition) is 2. The van der Waals surface area contributed by atoms with Crippen molar-refractivity contribution in [3.63, 3.8) is 0 Å². The third kappa shape index (κ3) is 5.40. The Morgan fingerprint density at radius 3 is 2.61 bits per heavy atom. The maximum atomic E-state index is 10.9. The van der Waals surface area contributed by atoms with E-state index in [0.717, 1.165) is 32.5 Å². The molecule has 0 radical (unpaired) electrons. The maximum absolute atomic E-state index is 10.9. The molecule has 2 aromatic carbocycles. The summed E-state index contributed by atoms with van der Waals surface area (Å²) in [5.41, 5.74) is 1.91. The van der Waals surface area contributed by atoms with Crippen molar-refractivity contribution in [2.75, 3.05) is 25.5 Å². The summed E-state index contributed by atoms with van der Waals surface area (Å²) in [7, 11) is 1.48. The van der Waals surface area contributed by atoms with Gasteiger partial charge in [-0.2, -0.15) is 0 Å². The van der Waals surface area contributed by atoms with Crippen molar-refractivity contribution in [1.82, 2.24) is 10.2 Å². The number of methoxy groups -OCH3 is 1. The molecule has 0 bridgehead atoms. The van der Waals surface area contributed by atoms with E-state index in [4.69, 9.17) is 17.0 Å². The Morgan fingerprint density at radius 2 is 1.96 bits per heavy atom. The Kier molecular flexibility index (Phi) is 6.78. The van der Waals surface area contributed by atoms with Crippen LogP contribution in [0, 0.1) is 10.1 Å². The Bertz CT molecular complexity index is 823. The Labute approximate surface area is 169 Å². The predicted molar refractivity (Wildman–Crippen MR) is 114 cm³/mol. The second-order valence-corrected chi connectivity index (χ2v) is 7.18. The normalized spacial score (nSPS) is 15.0. The zero-order valence-corrected chi connectivity index (χ0v) is 16.6. The summed E-state index contributed by atoms with van der Waals surface area (Å²) in [5.74, 6) is 0.385. The van der Waals surface area contributed by atoms with Crippen LogP contribution in [-0.2, 0) is 6.54 Å². The molecule has 1 aliphatic rings. The highest BCUT2D eigenvalue weighted by atomic mass is 32.1. The predicted octanol–water partition coefficient (Wildman–Crippen LogP) is 3.55. The van der Waals surface area contributed by atoms with E-state index in [-0.39, 0.29) is 5.69 Å². The smallest absolute Gasteiger partial charge is 0.273 e. The van der Waals surface area contributed by atoms with Crippen LogP contribution in [0.3, 0.4) is 0 Å². The molecule has 148 valence electrons. The zero-order chi connectivity index (χ0) is 19.9.